The molecule has 0 spiro atoms. The van der Waals surface area contributed by atoms with Gasteiger partial charge in [0.1, 0.15) is 0 Å². The first-order valence-electron chi connectivity index (χ1n) is 23.4. The van der Waals surface area contributed by atoms with Crippen molar-refractivity contribution in [3.63, 3.8) is 0 Å². The number of hydrogen-bond donors (Lipinski definition) is 0. The molecule has 0 bridgehead atoms. The molecule has 2 nitrogen and oxygen atoms in total. The molecule has 0 aliphatic carbocycles. The van der Waals surface area contributed by atoms with Gasteiger partial charge in [0.25, 0.3) is 0 Å². The third-order valence-electron chi connectivity index (χ3n) is 13.8. The van der Waals surface area contributed by atoms with E-state index >= 15 is 0 Å². The SMILES string of the molecule is c1ccc(-c2ccc(-c3cc(-c4ccccc4)cc(-c4ccc(-c5ccc(-n6c7ccccc7c7ccccc76)cc5)c(-c5ccc(-n6c7ccccc7c7ccccc76)cc5)c4)c3)cc2)cc1. The zero-order chi connectivity index (χ0) is 45.0. The van der Waals surface area contributed by atoms with Gasteiger partial charge in [-0.25, -0.2) is 0 Å². The highest BCUT2D eigenvalue weighted by atomic mass is 15.0. The summed E-state index contributed by atoms with van der Waals surface area (Å²) in [4.78, 5) is 0. The van der Waals surface area contributed by atoms with E-state index in [4.69, 9.17) is 0 Å². The van der Waals surface area contributed by atoms with Crippen LogP contribution in [0.1, 0.15) is 0 Å². The minimum absolute atomic E-state index is 1.14. The van der Waals surface area contributed by atoms with Crippen LogP contribution in [0.5, 0.6) is 0 Å². The first-order valence-corrected chi connectivity index (χ1v) is 23.4. The van der Waals surface area contributed by atoms with E-state index < -0.39 is 0 Å². The number of rotatable bonds is 8. The number of fused-ring (bicyclic) bond motifs is 6. The maximum atomic E-state index is 2.40. The second-order valence-electron chi connectivity index (χ2n) is 17.7. The number of aromatic nitrogens is 2. The fourth-order valence-corrected chi connectivity index (χ4v) is 10.4. The number of nitrogens with zero attached hydrogens (tertiary/aromatic N) is 2. The Morgan fingerprint density at radius 3 is 0.897 bits per heavy atom. The van der Waals surface area contributed by atoms with Crippen LogP contribution in [-0.2, 0) is 0 Å². The number of benzene rings is 11. The topological polar surface area (TPSA) is 9.86 Å². The Hall–Kier alpha value is -8.98. The van der Waals surface area contributed by atoms with Gasteiger partial charge in [0.2, 0.25) is 0 Å². The molecule has 2 heteroatoms. The minimum atomic E-state index is 1.14. The molecule has 0 fully saturated rings. The Bertz CT molecular complexity index is 3860. The van der Waals surface area contributed by atoms with Crippen LogP contribution in [0.25, 0.3) is 122 Å². The van der Waals surface area contributed by atoms with Crippen molar-refractivity contribution < 1.29 is 0 Å². The van der Waals surface area contributed by atoms with Crippen LogP contribution < -0.4 is 0 Å². The van der Waals surface area contributed by atoms with Crippen molar-refractivity contribution >= 4 is 43.6 Å². The van der Waals surface area contributed by atoms with Crippen molar-refractivity contribution in [2.45, 2.75) is 0 Å². The molecule has 0 saturated heterocycles. The minimum Gasteiger partial charge on any atom is -0.309 e. The first-order chi connectivity index (χ1) is 33.7. The molecule has 318 valence electrons. The summed E-state index contributed by atoms with van der Waals surface area (Å²) in [7, 11) is 0. The number of hydrogen-bond acceptors (Lipinski definition) is 0. The molecule has 68 heavy (non-hydrogen) atoms. The summed E-state index contributed by atoms with van der Waals surface area (Å²) >= 11 is 0. The van der Waals surface area contributed by atoms with Gasteiger partial charge in [0.15, 0.2) is 0 Å². The van der Waals surface area contributed by atoms with Crippen molar-refractivity contribution in [3.05, 3.63) is 267 Å². The van der Waals surface area contributed by atoms with Crippen LogP contribution in [0, 0.1) is 0 Å². The Balaban J connectivity index is 0.958. The second kappa shape index (κ2) is 16.5. The lowest BCUT2D eigenvalue weighted by atomic mass is 9.88. The van der Waals surface area contributed by atoms with Crippen molar-refractivity contribution in [1.29, 1.82) is 0 Å². The number of para-hydroxylation sites is 4. The Kier molecular flexibility index (Phi) is 9.54. The maximum absolute atomic E-state index is 2.40. The van der Waals surface area contributed by atoms with E-state index in [1.54, 1.807) is 0 Å². The fourth-order valence-electron chi connectivity index (χ4n) is 10.4. The van der Waals surface area contributed by atoms with Crippen molar-refractivity contribution in [2.24, 2.45) is 0 Å². The summed E-state index contributed by atoms with van der Waals surface area (Å²) in [5.41, 5.74) is 21.3. The summed E-state index contributed by atoms with van der Waals surface area (Å²) in [5, 5.41) is 5.04. The lowest BCUT2D eigenvalue weighted by Crippen LogP contribution is -1.95. The molecule has 0 aliphatic rings. The molecule has 2 aromatic heterocycles. The van der Waals surface area contributed by atoms with Crippen LogP contribution in [0.2, 0.25) is 0 Å². The van der Waals surface area contributed by atoms with Crippen molar-refractivity contribution in [3.8, 4) is 78.1 Å². The van der Waals surface area contributed by atoms with Crippen LogP contribution in [-0.4, -0.2) is 9.13 Å². The van der Waals surface area contributed by atoms with Gasteiger partial charge in [-0.05, 0) is 140 Å². The predicted molar refractivity (Wildman–Crippen MR) is 288 cm³/mol. The van der Waals surface area contributed by atoms with Crippen LogP contribution in [0.4, 0.5) is 0 Å². The molecule has 0 N–H and O–H groups in total. The standard InChI is InChI=1S/C66H44N2/c1-3-15-45(16-4-1)47-27-29-48(30-28-47)53-41-52(46-17-5-2-6-18-46)42-54(43-53)51-35-40-57(49-31-36-55(37-32-49)67-63-23-11-7-19-58(63)59-20-8-12-24-64(59)67)62(44-51)50-33-38-56(39-34-50)68-65-25-13-9-21-60(65)61-22-10-14-26-66(61)68/h1-44H. The lowest BCUT2D eigenvalue weighted by molar-refractivity contribution is 1.18. The molecule has 13 aromatic rings. The first kappa shape index (κ1) is 39.4. The fraction of sp³-hybridized carbons (Fsp3) is 0. The summed E-state index contributed by atoms with van der Waals surface area (Å²) in [6.45, 7) is 0. The molecule has 0 aliphatic heterocycles. The van der Waals surface area contributed by atoms with E-state index in [0.29, 0.717) is 0 Å². The average Bonchev–Trinajstić information content (AvgIpc) is 3.94. The summed E-state index contributed by atoms with van der Waals surface area (Å²) < 4.78 is 4.78. The summed E-state index contributed by atoms with van der Waals surface area (Å²) in [6.07, 6.45) is 0. The highest BCUT2D eigenvalue weighted by molar-refractivity contribution is 6.10. The summed E-state index contributed by atoms with van der Waals surface area (Å²) in [6, 6.07) is 97.5. The van der Waals surface area contributed by atoms with Gasteiger partial charge < -0.3 is 9.13 Å². The van der Waals surface area contributed by atoms with E-state index in [0.717, 1.165) is 22.5 Å². The van der Waals surface area contributed by atoms with E-state index in [-0.39, 0.29) is 0 Å². The van der Waals surface area contributed by atoms with Gasteiger partial charge in [-0.2, -0.15) is 0 Å². The maximum Gasteiger partial charge on any atom is 0.0541 e. The molecule has 13 rings (SSSR count). The van der Waals surface area contributed by atoms with Crippen LogP contribution >= 0.6 is 0 Å². The third-order valence-corrected chi connectivity index (χ3v) is 13.8. The second-order valence-corrected chi connectivity index (χ2v) is 17.7. The Morgan fingerprint density at radius 1 is 0.176 bits per heavy atom. The molecule has 0 amide bonds. The molecule has 0 radical (unpaired) electrons. The van der Waals surface area contributed by atoms with E-state index in [1.807, 2.05) is 0 Å². The van der Waals surface area contributed by atoms with Gasteiger partial charge in [-0.15, -0.1) is 0 Å². The van der Waals surface area contributed by atoms with E-state index in [1.165, 1.54) is 99.2 Å². The van der Waals surface area contributed by atoms with Gasteiger partial charge in [-0.3, -0.25) is 0 Å². The lowest BCUT2D eigenvalue weighted by Gasteiger charge is -2.17. The quantitative estimate of drug-likeness (QED) is 0.144. The van der Waals surface area contributed by atoms with Crippen molar-refractivity contribution in [2.75, 3.05) is 0 Å². The zero-order valence-electron chi connectivity index (χ0n) is 37.3. The molecule has 11 aromatic carbocycles. The third kappa shape index (κ3) is 6.82. The monoisotopic (exact) mass is 864 g/mol. The smallest absolute Gasteiger partial charge is 0.0541 e. The van der Waals surface area contributed by atoms with Gasteiger partial charge in [0.05, 0.1) is 22.1 Å². The van der Waals surface area contributed by atoms with E-state index in [9.17, 15) is 0 Å². The molecule has 2 heterocycles. The zero-order valence-corrected chi connectivity index (χ0v) is 37.3. The van der Waals surface area contributed by atoms with Gasteiger partial charge in [-0.1, -0.05) is 194 Å². The van der Waals surface area contributed by atoms with Gasteiger partial charge >= 0.3 is 0 Å². The summed E-state index contributed by atoms with van der Waals surface area (Å²) in [5.74, 6) is 0. The predicted octanol–water partition coefficient (Wildman–Crippen LogP) is 17.9. The van der Waals surface area contributed by atoms with Crippen LogP contribution in [0.3, 0.4) is 0 Å². The van der Waals surface area contributed by atoms with E-state index in [2.05, 4.69) is 276 Å². The van der Waals surface area contributed by atoms with Crippen molar-refractivity contribution in [1.82, 2.24) is 9.13 Å². The van der Waals surface area contributed by atoms with Crippen LogP contribution in [0.15, 0.2) is 267 Å². The average molecular weight is 865 g/mol. The normalized spacial score (nSPS) is 11.5. The molecular weight excluding hydrogens is 821 g/mol. The highest BCUT2D eigenvalue weighted by Gasteiger charge is 2.17. The molecule has 0 saturated carbocycles. The molecule has 0 atom stereocenters. The van der Waals surface area contributed by atoms with Gasteiger partial charge in [0, 0.05) is 32.9 Å². The molecule has 0 unspecified atom stereocenters. The Labute approximate surface area is 395 Å². The molecular formula is C66H44N2. The highest BCUT2D eigenvalue weighted by Crippen LogP contribution is 2.41. The largest absolute Gasteiger partial charge is 0.309 e. The Morgan fingerprint density at radius 2 is 0.471 bits per heavy atom.